The van der Waals surface area contributed by atoms with Crippen molar-refractivity contribution in [3.05, 3.63) is 52.3 Å². The predicted molar refractivity (Wildman–Crippen MR) is 71.4 cm³/mol. The molecule has 0 spiro atoms. The minimum atomic E-state index is -0.603. The summed E-state index contributed by atoms with van der Waals surface area (Å²) in [6, 6.07) is 8.39. The number of rotatable bonds is 3. The Balaban J connectivity index is 2.21. The summed E-state index contributed by atoms with van der Waals surface area (Å²) in [4.78, 5) is 4.08. The third kappa shape index (κ3) is 3.13. The summed E-state index contributed by atoms with van der Waals surface area (Å²) in [5.41, 5.74) is 0.583. The minimum Gasteiger partial charge on any atom is -0.454 e. The Morgan fingerprint density at radius 1 is 1.22 bits per heavy atom. The highest BCUT2D eigenvalue weighted by atomic mass is 35.5. The summed E-state index contributed by atoms with van der Waals surface area (Å²) < 4.78 is 5.56. The highest BCUT2D eigenvalue weighted by Crippen LogP contribution is 2.31. The maximum atomic E-state index is 9.34. The molecule has 0 aliphatic heterocycles. The second-order valence-electron chi connectivity index (χ2n) is 3.77. The first kappa shape index (κ1) is 13.1. The monoisotopic (exact) mass is 283 g/mol. The fourth-order valence-corrected chi connectivity index (χ4v) is 1.70. The summed E-state index contributed by atoms with van der Waals surface area (Å²) in [6.45, 7) is 1.65. The van der Waals surface area contributed by atoms with Crippen LogP contribution in [0.4, 0.5) is 0 Å². The maximum Gasteiger partial charge on any atom is 0.147 e. The maximum absolute atomic E-state index is 9.34. The Morgan fingerprint density at radius 2 is 2.00 bits per heavy atom. The average molecular weight is 284 g/mol. The summed E-state index contributed by atoms with van der Waals surface area (Å²) in [6.07, 6.45) is 0.924. The first-order valence-electron chi connectivity index (χ1n) is 5.33. The molecule has 0 fully saturated rings. The molecule has 0 bridgehead atoms. The summed E-state index contributed by atoms with van der Waals surface area (Å²) in [5, 5.41) is 10.4. The Hall–Kier alpha value is -1.29. The number of halogens is 2. The number of aliphatic hydroxyl groups is 1. The van der Waals surface area contributed by atoms with E-state index in [2.05, 4.69) is 4.98 Å². The fraction of sp³-hybridized carbons (Fsp3) is 0.154. The minimum absolute atomic E-state index is 0.468. The van der Waals surface area contributed by atoms with Gasteiger partial charge in [-0.25, -0.2) is 0 Å². The van der Waals surface area contributed by atoms with Crippen LogP contribution in [0.5, 0.6) is 11.5 Å². The number of hydrogen-bond donors (Lipinski definition) is 1. The summed E-state index contributed by atoms with van der Waals surface area (Å²) >= 11 is 11.8. The largest absolute Gasteiger partial charge is 0.454 e. The molecule has 1 atom stereocenters. The molecule has 0 amide bonds. The van der Waals surface area contributed by atoms with E-state index in [0.717, 1.165) is 0 Å². The van der Waals surface area contributed by atoms with Crippen molar-refractivity contribution in [3.8, 4) is 11.5 Å². The molecule has 0 aliphatic carbocycles. The molecule has 1 aromatic heterocycles. The quantitative estimate of drug-likeness (QED) is 0.916. The Labute approximate surface area is 115 Å². The Bertz CT molecular complexity index is 541. The van der Waals surface area contributed by atoms with Crippen molar-refractivity contribution in [1.82, 2.24) is 4.98 Å². The number of aliphatic hydroxyl groups excluding tert-OH is 1. The normalized spacial score (nSPS) is 12.2. The van der Waals surface area contributed by atoms with Gasteiger partial charge in [-0.15, -0.1) is 0 Å². The topological polar surface area (TPSA) is 42.4 Å². The summed E-state index contributed by atoms with van der Waals surface area (Å²) in [5.74, 6) is 0.999. The number of benzene rings is 1. The van der Waals surface area contributed by atoms with E-state index in [-0.39, 0.29) is 0 Å². The number of ether oxygens (including phenoxy) is 1. The van der Waals surface area contributed by atoms with Gasteiger partial charge in [0.25, 0.3) is 0 Å². The number of hydrogen-bond acceptors (Lipinski definition) is 3. The van der Waals surface area contributed by atoms with Crippen molar-refractivity contribution < 1.29 is 9.84 Å². The van der Waals surface area contributed by atoms with E-state index < -0.39 is 6.10 Å². The van der Waals surface area contributed by atoms with Gasteiger partial charge in [-0.05, 0) is 31.2 Å². The van der Waals surface area contributed by atoms with Gasteiger partial charge in [-0.3, -0.25) is 4.98 Å². The van der Waals surface area contributed by atoms with E-state index >= 15 is 0 Å². The van der Waals surface area contributed by atoms with Crippen LogP contribution in [0.1, 0.15) is 18.7 Å². The van der Waals surface area contributed by atoms with Crippen LogP contribution in [0.2, 0.25) is 10.0 Å². The van der Waals surface area contributed by atoms with Crippen LogP contribution in [0.3, 0.4) is 0 Å². The van der Waals surface area contributed by atoms with Crippen LogP contribution in [-0.4, -0.2) is 10.1 Å². The number of aromatic nitrogens is 1. The van der Waals surface area contributed by atoms with Crippen LogP contribution >= 0.6 is 23.2 Å². The third-order valence-electron chi connectivity index (χ3n) is 2.31. The highest BCUT2D eigenvalue weighted by molar-refractivity contribution is 6.34. The molecule has 1 heterocycles. The van der Waals surface area contributed by atoms with Crippen molar-refractivity contribution in [2.24, 2.45) is 0 Å². The fourth-order valence-electron chi connectivity index (χ4n) is 1.38. The van der Waals surface area contributed by atoms with E-state index in [4.69, 9.17) is 27.9 Å². The van der Waals surface area contributed by atoms with Gasteiger partial charge in [0, 0.05) is 11.1 Å². The van der Waals surface area contributed by atoms with Crippen molar-refractivity contribution >= 4 is 23.2 Å². The van der Waals surface area contributed by atoms with E-state index in [0.29, 0.717) is 27.2 Å². The lowest BCUT2D eigenvalue weighted by molar-refractivity contribution is 0.194. The highest BCUT2D eigenvalue weighted by Gasteiger charge is 2.06. The zero-order chi connectivity index (χ0) is 13.1. The molecular weight excluding hydrogens is 273 g/mol. The molecule has 3 nitrogen and oxygen atoms in total. The van der Waals surface area contributed by atoms with Gasteiger partial charge in [-0.2, -0.15) is 0 Å². The van der Waals surface area contributed by atoms with E-state index in [9.17, 15) is 5.11 Å². The van der Waals surface area contributed by atoms with Crippen molar-refractivity contribution in [2.45, 2.75) is 13.0 Å². The van der Waals surface area contributed by atoms with E-state index in [1.54, 1.807) is 37.3 Å². The molecule has 0 unspecified atom stereocenters. The Morgan fingerprint density at radius 3 is 2.61 bits per heavy atom. The van der Waals surface area contributed by atoms with E-state index in [1.165, 1.54) is 6.20 Å². The first-order valence-corrected chi connectivity index (χ1v) is 6.09. The van der Waals surface area contributed by atoms with Gasteiger partial charge in [0.2, 0.25) is 0 Å². The van der Waals surface area contributed by atoms with Gasteiger partial charge in [0.05, 0.1) is 23.0 Å². The van der Waals surface area contributed by atoms with Gasteiger partial charge < -0.3 is 9.84 Å². The lowest BCUT2D eigenvalue weighted by Gasteiger charge is -2.09. The molecular formula is C13H11Cl2NO2. The zero-order valence-electron chi connectivity index (χ0n) is 9.60. The predicted octanol–water partition coefficient (Wildman–Crippen LogP) is 4.23. The lowest BCUT2D eigenvalue weighted by atomic mass is 10.2. The van der Waals surface area contributed by atoms with E-state index in [1.807, 2.05) is 0 Å². The molecule has 18 heavy (non-hydrogen) atoms. The average Bonchev–Trinajstić information content (AvgIpc) is 2.34. The van der Waals surface area contributed by atoms with Crippen LogP contribution in [0.25, 0.3) is 0 Å². The van der Waals surface area contributed by atoms with Gasteiger partial charge >= 0.3 is 0 Å². The Kier molecular flexibility index (Phi) is 4.07. The van der Waals surface area contributed by atoms with Crippen LogP contribution in [0.15, 0.2) is 36.5 Å². The van der Waals surface area contributed by atoms with Gasteiger partial charge in [-0.1, -0.05) is 23.2 Å². The van der Waals surface area contributed by atoms with Gasteiger partial charge in [0.15, 0.2) is 0 Å². The zero-order valence-corrected chi connectivity index (χ0v) is 11.1. The smallest absolute Gasteiger partial charge is 0.147 e. The van der Waals surface area contributed by atoms with Crippen LogP contribution in [-0.2, 0) is 0 Å². The van der Waals surface area contributed by atoms with Gasteiger partial charge in [0.1, 0.15) is 11.5 Å². The molecule has 0 radical (unpaired) electrons. The second-order valence-corrected chi connectivity index (χ2v) is 4.62. The first-order chi connectivity index (χ1) is 8.56. The number of pyridine rings is 1. The van der Waals surface area contributed by atoms with Crippen molar-refractivity contribution in [2.75, 3.05) is 0 Å². The molecule has 1 N–H and O–H groups in total. The summed E-state index contributed by atoms with van der Waals surface area (Å²) in [7, 11) is 0. The standard InChI is InChI=1S/C13H11Cl2NO2/c1-8(17)12-5-3-10(7-16-12)18-13-6-9(14)2-4-11(13)15/h2-8,17H,1H3/t8-/m0/s1. The second kappa shape index (κ2) is 5.57. The van der Waals surface area contributed by atoms with Crippen LogP contribution in [0, 0.1) is 0 Å². The molecule has 0 saturated carbocycles. The molecule has 2 aromatic rings. The van der Waals surface area contributed by atoms with Crippen molar-refractivity contribution in [3.63, 3.8) is 0 Å². The third-order valence-corrected chi connectivity index (χ3v) is 2.86. The molecule has 0 saturated heterocycles. The molecule has 1 aromatic carbocycles. The lowest BCUT2D eigenvalue weighted by Crippen LogP contribution is -1.95. The number of nitrogens with zero attached hydrogens (tertiary/aromatic N) is 1. The SMILES string of the molecule is C[C@H](O)c1ccc(Oc2cc(Cl)ccc2Cl)cn1. The molecule has 2 rings (SSSR count). The molecule has 0 aliphatic rings. The van der Waals surface area contributed by atoms with Crippen molar-refractivity contribution in [1.29, 1.82) is 0 Å². The van der Waals surface area contributed by atoms with Crippen LogP contribution < -0.4 is 4.74 Å². The molecule has 5 heteroatoms. The molecule has 94 valence electrons.